The fourth-order valence-electron chi connectivity index (χ4n) is 2.50. The molecule has 24 heavy (non-hydrogen) atoms. The summed E-state index contributed by atoms with van der Waals surface area (Å²) in [5.41, 5.74) is 0.765. The second-order valence-electron chi connectivity index (χ2n) is 6.17. The minimum atomic E-state index is -0.935. The van der Waals surface area contributed by atoms with Crippen molar-refractivity contribution in [2.24, 2.45) is 5.92 Å². The maximum Gasteiger partial charge on any atom is 0.305 e. The molecule has 0 spiro atoms. The number of fused-ring (bicyclic) bond motifs is 1. The predicted molar refractivity (Wildman–Crippen MR) is 93.0 cm³/mol. The van der Waals surface area contributed by atoms with Gasteiger partial charge in [0.15, 0.2) is 0 Å². The molecule has 1 atom stereocenters. The van der Waals surface area contributed by atoms with Crippen LogP contribution in [0.3, 0.4) is 0 Å². The van der Waals surface area contributed by atoms with Crippen LogP contribution < -0.4 is 5.32 Å². The van der Waals surface area contributed by atoms with Gasteiger partial charge < -0.3 is 15.3 Å². The lowest BCUT2D eigenvalue weighted by Crippen LogP contribution is -2.40. The van der Waals surface area contributed by atoms with E-state index < -0.39 is 11.2 Å². The average molecular weight is 350 g/mol. The second kappa shape index (κ2) is 8.19. The number of carboxylic acid groups (broad SMARTS) is 1. The van der Waals surface area contributed by atoms with Gasteiger partial charge in [0.2, 0.25) is 11.8 Å². The largest absolute Gasteiger partial charge is 0.481 e. The smallest absolute Gasteiger partial charge is 0.305 e. The number of amides is 2. The number of aliphatic carboxylic acids is 1. The lowest BCUT2D eigenvalue weighted by atomic mass is 10.1. The summed E-state index contributed by atoms with van der Waals surface area (Å²) in [6.07, 6.45) is -0.0253. The Labute approximate surface area is 145 Å². The van der Waals surface area contributed by atoms with Crippen molar-refractivity contribution in [1.82, 2.24) is 4.90 Å². The first-order chi connectivity index (χ1) is 11.4. The molecule has 1 aromatic rings. The van der Waals surface area contributed by atoms with Gasteiger partial charge in [0.05, 0.1) is 17.4 Å². The van der Waals surface area contributed by atoms with E-state index in [9.17, 15) is 14.4 Å². The summed E-state index contributed by atoms with van der Waals surface area (Å²) < 4.78 is 0. The van der Waals surface area contributed by atoms with Crippen molar-refractivity contribution in [2.45, 2.75) is 36.8 Å². The molecule has 130 valence electrons. The molecule has 1 aliphatic rings. The van der Waals surface area contributed by atoms with Crippen LogP contribution in [0.2, 0.25) is 0 Å². The number of carbonyl (C=O) groups is 3. The Morgan fingerprint density at radius 2 is 2.04 bits per heavy atom. The predicted octanol–water partition coefficient (Wildman–Crippen LogP) is 2.45. The van der Waals surface area contributed by atoms with Crippen molar-refractivity contribution in [3.63, 3.8) is 0 Å². The Morgan fingerprint density at radius 1 is 1.33 bits per heavy atom. The maximum absolute atomic E-state index is 12.6. The standard InChI is InChI=1S/C17H22N2O4S/c1-11(2)10-19(8-7-16(21)22)15(20)9-14-17(23)18-12-5-3-4-6-13(12)24-14/h3-6,11,14H,7-10H2,1-2H3,(H,18,23)(H,21,22)/t14-/m1/s1. The number of hydrogen-bond acceptors (Lipinski definition) is 4. The maximum atomic E-state index is 12.6. The van der Waals surface area contributed by atoms with Crippen LogP contribution in [-0.4, -0.2) is 46.1 Å². The van der Waals surface area contributed by atoms with Gasteiger partial charge in [-0.3, -0.25) is 14.4 Å². The first kappa shape index (κ1) is 18.3. The molecule has 0 saturated heterocycles. The molecular weight excluding hydrogens is 328 g/mol. The number of rotatable bonds is 7. The van der Waals surface area contributed by atoms with Crippen LogP contribution in [-0.2, 0) is 14.4 Å². The zero-order valence-electron chi connectivity index (χ0n) is 13.8. The highest BCUT2D eigenvalue weighted by Crippen LogP contribution is 2.36. The summed E-state index contributed by atoms with van der Waals surface area (Å²) in [6, 6.07) is 7.48. The van der Waals surface area contributed by atoms with E-state index in [0.717, 1.165) is 10.6 Å². The van der Waals surface area contributed by atoms with Crippen LogP contribution in [0.25, 0.3) is 0 Å². The summed E-state index contributed by atoms with van der Waals surface area (Å²) in [6.45, 7) is 4.60. The molecule has 6 nitrogen and oxygen atoms in total. The lowest BCUT2D eigenvalue weighted by Gasteiger charge is -2.28. The number of para-hydroxylation sites is 1. The molecule has 0 fully saturated rings. The van der Waals surface area contributed by atoms with Crippen molar-refractivity contribution in [2.75, 3.05) is 18.4 Å². The fourth-order valence-corrected chi connectivity index (χ4v) is 3.61. The van der Waals surface area contributed by atoms with Crippen LogP contribution >= 0.6 is 11.8 Å². The monoisotopic (exact) mass is 350 g/mol. The molecule has 0 saturated carbocycles. The number of carbonyl (C=O) groups excluding carboxylic acids is 2. The minimum Gasteiger partial charge on any atom is -0.481 e. The third-order valence-corrected chi connectivity index (χ3v) is 4.88. The van der Waals surface area contributed by atoms with E-state index >= 15 is 0 Å². The van der Waals surface area contributed by atoms with E-state index in [2.05, 4.69) is 5.32 Å². The Morgan fingerprint density at radius 3 is 2.71 bits per heavy atom. The van der Waals surface area contributed by atoms with Crippen LogP contribution in [0.15, 0.2) is 29.2 Å². The topological polar surface area (TPSA) is 86.7 Å². The number of carboxylic acids is 1. The molecule has 2 N–H and O–H groups in total. The zero-order chi connectivity index (χ0) is 17.7. The van der Waals surface area contributed by atoms with Gasteiger partial charge in [-0.2, -0.15) is 0 Å². The Kier molecular flexibility index (Phi) is 6.25. The fraction of sp³-hybridized carbons (Fsp3) is 0.471. The molecule has 7 heteroatoms. The number of nitrogens with one attached hydrogen (secondary N) is 1. The van der Waals surface area contributed by atoms with Gasteiger partial charge in [-0.1, -0.05) is 26.0 Å². The molecule has 0 aromatic heterocycles. The zero-order valence-corrected chi connectivity index (χ0v) is 14.6. The molecule has 2 rings (SSSR count). The summed E-state index contributed by atoms with van der Waals surface area (Å²) in [5, 5.41) is 11.2. The van der Waals surface area contributed by atoms with Gasteiger partial charge in [0, 0.05) is 24.4 Å². The summed E-state index contributed by atoms with van der Waals surface area (Å²) in [7, 11) is 0. The highest BCUT2D eigenvalue weighted by Gasteiger charge is 2.30. The van der Waals surface area contributed by atoms with E-state index in [4.69, 9.17) is 5.11 Å². The van der Waals surface area contributed by atoms with E-state index in [-0.39, 0.29) is 37.1 Å². The molecule has 0 aliphatic carbocycles. The quantitative estimate of drug-likeness (QED) is 0.789. The van der Waals surface area contributed by atoms with Crippen LogP contribution in [0, 0.1) is 5.92 Å². The van der Waals surface area contributed by atoms with Crippen molar-refractivity contribution >= 4 is 35.2 Å². The number of hydrogen-bond donors (Lipinski definition) is 2. The molecular formula is C17H22N2O4S. The first-order valence-corrected chi connectivity index (χ1v) is 8.81. The number of thioether (sulfide) groups is 1. The van der Waals surface area contributed by atoms with Crippen LogP contribution in [0.1, 0.15) is 26.7 Å². The Hall–Kier alpha value is -2.02. The summed E-state index contributed by atoms with van der Waals surface area (Å²) in [4.78, 5) is 38.0. The van der Waals surface area contributed by atoms with Gasteiger partial charge in [-0.25, -0.2) is 0 Å². The molecule has 0 radical (unpaired) electrons. The van der Waals surface area contributed by atoms with E-state index in [1.807, 2.05) is 38.1 Å². The molecule has 0 unspecified atom stereocenters. The van der Waals surface area contributed by atoms with Crippen molar-refractivity contribution in [1.29, 1.82) is 0 Å². The van der Waals surface area contributed by atoms with Crippen LogP contribution in [0.4, 0.5) is 5.69 Å². The normalized spacial score (nSPS) is 16.5. The SMILES string of the molecule is CC(C)CN(CCC(=O)O)C(=O)C[C@H]1Sc2ccccc2NC1=O. The summed E-state index contributed by atoms with van der Waals surface area (Å²) >= 11 is 1.38. The second-order valence-corrected chi connectivity index (χ2v) is 7.42. The Bertz CT molecular complexity index is 633. The van der Waals surface area contributed by atoms with Crippen molar-refractivity contribution in [3.8, 4) is 0 Å². The van der Waals surface area contributed by atoms with Gasteiger partial charge in [-0.05, 0) is 18.1 Å². The van der Waals surface area contributed by atoms with Gasteiger partial charge in [0.1, 0.15) is 0 Å². The van der Waals surface area contributed by atoms with Gasteiger partial charge in [-0.15, -0.1) is 11.8 Å². The van der Waals surface area contributed by atoms with E-state index in [1.165, 1.54) is 11.8 Å². The van der Waals surface area contributed by atoms with E-state index in [0.29, 0.717) is 6.54 Å². The number of benzene rings is 1. The van der Waals surface area contributed by atoms with E-state index in [1.54, 1.807) is 4.90 Å². The third-order valence-electron chi connectivity index (χ3n) is 3.60. The number of nitrogens with zero attached hydrogens (tertiary/aromatic N) is 1. The molecule has 0 bridgehead atoms. The van der Waals surface area contributed by atoms with Crippen molar-refractivity contribution in [3.05, 3.63) is 24.3 Å². The molecule has 2 amide bonds. The molecule has 1 aromatic carbocycles. The molecule has 1 heterocycles. The summed E-state index contributed by atoms with van der Waals surface area (Å²) in [5.74, 6) is -1.07. The van der Waals surface area contributed by atoms with Gasteiger partial charge in [0.25, 0.3) is 0 Å². The first-order valence-electron chi connectivity index (χ1n) is 7.93. The Balaban J connectivity index is 2.03. The minimum absolute atomic E-state index is 0.0666. The highest BCUT2D eigenvalue weighted by molar-refractivity contribution is 8.01. The van der Waals surface area contributed by atoms with Crippen molar-refractivity contribution < 1.29 is 19.5 Å². The van der Waals surface area contributed by atoms with Gasteiger partial charge >= 0.3 is 5.97 Å². The van der Waals surface area contributed by atoms with Crippen LogP contribution in [0.5, 0.6) is 0 Å². The average Bonchev–Trinajstić information content (AvgIpc) is 2.51. The lowest BCUT2D eigenvalue weighted by molar-refractivity contribution is -0.139. The molecule has 1 aliphatic heterocycles. The number of anilines is 1. The third kappa shape index (κ3) is 4.99. The highest BCUT2D eigenvalue weighted by atomic mass is 32.2.